The largest absolute Gasteiger partial charge is 0.301 e. The second kappa shape index (κ2) is 4.35. The summed E-state index contributed by atoms with van der Waals surface area (Å²) in [4.78, 5) is 0. The van der Waals surface area contributed by atoms with Crippen molar-refractivity contribution in [2.45, 2.75) is 13.8 Å². The van der Waals surface area contributed by atoms with Crippen LogP contribution in [0.5, 0.6) is 0 Å². The zero-order valence-corrected chi connectivity index (χ0v) is 11.0. The molecule has 0 bridgehead atoms. The van der Waals surface area contributed by atoms with E-state index in [-0.39, 0.29) is 5.75 Å². The van der Waals surface area contributed by atoms with E-state index in [1.54, 1.807) is 30.5 Å². The Morgan fingerprint density at radius 2 is 2.17 bits per heavy atom. The molecule has 0 aliphatic carbocycles. The van der Waals surface area contributed by atoms with Crippen LogP contribution in [-0.4, -0.2) is 18.6 Å². The molecule has 1 N–H and O–H groups in total. The van der Waals surface area contributed by atoms with Gasteiger partial charge in [-0.2, -0.15) is 5.26 Å². The van der Waals surface area contributed by atoms with Crippen LogP contribution >= 0.6 is 0 Å². The zero-order chi connectivity index (χ0) is 13.3. The maximum Gasteiger partial charge on any atom is 0.233 e. The van der Waals surface area contributed by atoms with Gasteiger partial charge in [0.2, 0.25) is 10.0 Å². The van der Waals surface area contributed by atoms with E-state index in [2.05, 4.69) is 10.8 Å². The lowest BCUT2D eigenvalue weighted by Crippen LogP contribution is -2.16. The third-order valence-corrected chi connectivity index (χ3v) is 4.11. The Morgan fingerprint density at radius 3 is 2.78 bits per heavy atom. The molecule has 0 saturated carbocycles. The van der Waals surface area contributed by atoms with Crippen molar-refractivity contribution in [3.8, 4) is 6.07 Å². The molecule has 0 aromatic carbocycles. The molecule has 2 aromatic heterocycles. The van der Waals surface area contributed by atoms with E-state index < -0.39 is 10.0 Å². The highest BCUT2D eigenvalue weighted by atomic mass is 32.2. The number of nitriles is 1. The van der Waals surface area contributed by atoms with Gasteiger partial charge in [0.25, 0.3) is 0 Å². The van der Waals surface area contributed by atoms with Gasteiger partial charge < -0.3 is 4.40 Å². The van der Waals surface area contributed by atoms with Gasteiger partial charge in [0.15, 0.2) is 0 Å². The number of aromatic nitrogens is 1. The molecule has 0 saturated heterocycles. The van der Waals surface area contributed by atoms with Crippen LogP contribution in [0.25, 0.3) is 5.52 Å². The molecular weight excluding hydrogens is 250 g/mol. The number of aryl methyl sites for hydroxylation is 1. The van der Waals surface area contributed by atoms with Gasteiger partial charge in [-0.3, -0.25) is 4.72 Å². The van der Waals surface area contributed by atoms with Gasteiger partial charge >= 0.3 is 0 Å². The Bertz CT molecular complexity index is 739. The average molecular weight is 263 g/mol. The number of anilines is 1. The lowest BCUT2D eigenvalue weighted by molar-refractivity contribution is 0.602. The van der Waals surface area contributed by atoms with Gasteiger partial charge in [0.1, 0.15) is 11.9 Å². The summed E-state index contributed by atoms with van der Waals surface area (Å²) in [6.07, 6.45) is 1.73. The van der Waals surface area contributed by atoms with Gasteiger partial charge in [-0.25, -0.2) is 8.42 Å². The Kier molecular flexibility index (Phi) is 3.01. The number of nitrogens with one attached hydrogen (secondary N) is 1. The molecule has 0 atom stereocenters. The van der Waals surface area contributed by atoms with Crippen molar-refractivity contribution in [3.05, 3.63) is 35.5 Å². The smallest absolute Gasteiger partial charge is 0.233 e. The van der Waals surface area contributed by atoms with E-state index in [0.717, 1.165) is 11.1 Å². The van der Waals surface area contributed by atoms with Gasteiger partial charge in [0, 0.05) is 6.20 Å². The van der Waals surface area contributed by atoms with Crippen LogP contribution in [0.15, 0.2) is 24.4 Å². The first-order valence-corrected chi connectivity index (χ1v) is 7.15. The molecule has 2 heterocycles. The highest BCUT2D eigenvalue weighted by molar-refractivity contribution is 7.92. The van der Waals surface area contributed by atoms with Crippen LogP contribution in [0.2, 0.25) is 0 Å². The van der Waals surface area contributed by atoms with Crippen LogP contribution < -0.4 is 4.72 Å². The quantitative estimate of drug-likeness (QED) is 0.918. The van der Waals surface area contributed by atoms with Gasteiger partial charge in [-0.05, 0) is 31.5 Å². The summed E-state index contributed by atoms with van der Waals surface area (Å²) in [5.41, 5.74) is 1.95. The molecule has 0 radical (unpaired) electrons. The standard InChI is InChI=1S/C12H13N3O2S/c1-3-18(16,17)14-12-10(8-13)9(2)11-6-4-5-7-15(11)12/h4-7,14H,3H2,1-2H3. The Morgan fingerprint density at radius 1 is 1.44 bits per heavy atom. The highest BCUT2D eigenvalue weighted by Gasteiger charge is 2.18. The number of hydrogen-bond acceptors (Lipinski definition) is 3. The lowest BCUT2D eigenvalue weighted by Gasteiger charge is -2.06. The van der Waals surface area contributed by atoms with Crippen molar-refractivity contribution < 1.29 is 8.42 Å². The van der Waals surface area contributed by atoms with E-state index in [4.69, 9.17) is 0 Å². The number of sulfonamides is 1. The van der Waals surface area contributed by atoms with Crippen molar-refractivity contribution in [1.29, 1.82) is 5.26 Å². The first-order chi connectivity index (χ1) is 8.50. The molecule has 5 nitrogen and oxygen atoms in total. The van der Waals surface area contributed by atoms with Crippen LogP contribution in [0.3, 0.4) is 0 Å². The highest BCUT2D eigenvalue weighted by Crippen LogP contribution is 2.27. The summed E-state index contributed by atoms with van der Waals surface area (Å²) in [7, 11) is -3.41. The number of rotatable bonds is 3. The molecule has 18 heavy (non-hydrogen) atoms. The fourth-order valence-electron chi connectivity index (χ4n) is 1.83. The van der Waals surface area contributed by atoms with E-state index in [9.17, 15) is 13.7 Å². The molecule has 0 unspecified atom stereocenters. The molecule has 2 aromatic rings. The van der Waals surface area contributed by atoms with Crippen LogP contribution in [0.4, 0.5) is 5.82 Å². The van der Waals surface area contributed by atoms with Crippen molar-refractivity contribution in [2.75, 3.05) is 10.5 Å². The summed E-state index contributed by atoms with van der Waals surface area (Å²) >= 11 is 0. The monoisotopic (exact) mass is 263 g/mol. The molecule has 94 valence electrons. The second-order valence-corrected chi connectivity index (χ2v) is 5.93. The molecule has 0 amide bonds. The maximum atomic E-state index is 11.7. The zero-order valence-electron chi connectivity index (χ0n) is 10.1. The lowest BCUT2D eigenvalue weighted by atomic mass is 10.2. The Balaban J connectivity index is 2.74. The summed E-state index contributed by atoms with van der Waals surface area (Å²) in [5, 5.41) is 9.17. The molecule has 0 spiro atoms. The molecular formula is C12H13N3O2S. The van der Waals surface area contributed by atoms with E-state index >= 15 is 0 Å². The summed E-state index contributed by atoms with van der Waals surface area (Å²) in [5.74, 6) is 0.282. The number of fused-ring (bicyclic) bond motifs is 1. The molecule has 0 fully saturated rings. The predicted octanol–water partition coefficient (Wildman–Crippen LogP) is 1.88. The minimum absolute atomic E-state index is 0.0308. The SMILES string of the molecule is CCS(=O)(=O)Nc1c(C#N)c(C)c2ccccn12. The van der Waals surface area contributed by atoms with E-state index in [0.29, 0.717) is 11.4 Å². The molecule has 0 aliphatic heterocycles. The normalized spacial score (nSPS) is 11.4. The van der Waals surface area contributed by atoms with Crippen LogP contribution in [-0.2, 0) is 10.0 Å². The van der Waals surface area contributed by atoms with E-state index in [1.807, 2.05) is 12.1 Å². The van der Waals surface area contributed by atoms with Crippen molar-refractivity contribution in [2.24, 2.45) is 0 Å². The Labute approximate surface area is 106 Å². The maximum absolute atomic E-state index is 11.7. The second-order valence-electron chi connectivity index (χ2n) is 3.92. The fraction of sp³-hybridized carbons (Fsp3) is 0.250. The van der Waals surface area contributed by atoms with E-state index in [1.165, 1.54) is 0 Å². The summed E-state index contributed by atoms with van der Waals surface area (Å²) < 4.78 is 27.5. The van der Waals surface area contributed by atoms with Gasteiger partial charge in [-0.1, -0.05) is 6.07 Å². The number of hydrogen-bond donors (Lipinski definition) is 1. The van der Waals surface area contributed by atoms with Crippen LogP contribution in [0, 0.1) is 18.3 Å². The summed E-state index contributed by atoms with van der Waals surface area (Å²) in [6, 6.07) is 7.54. The molecule has 0 aliphatic rings. The summed E-state index contributed by atoms with van der Waals surface area (Å²) in [6.45, 7) is 3.36. The first kappa shape index (κ1) is 12.5. The average Bonchev–Trinajstić information content (AvgIpc) is 2.63. The van der Waals surface area contributed by atoms with Crippen molar-refractivity contribution in [1.82, 2.24) is 4.40 Å². The van der Waals surface area contributed by atoms with Crippen LogP contribution in [0.1, 0.15) is 18.1 Å². The number of nitrogens with zero attached hydrogens (tertiary/aromatic N) is 2. The topological polar surface area (TPSA) is 74.4 Å². The minimum Gasteiger partial charge on any atom is -0.301 e. The van der Waals surface area contributed by atoms with Gasteiger partial charge in [-0.15, -0.1) is 0 Å². The first-order valence-electron chi connectivity index (χ1n) is 5.50. The Hall–Kier alpha value is -2.00. The minimum atomic E-state index is -3.41. The molecule has 6 heteroatoms. The third kappa shape index (κ3) is 1.93. The number of pyridine rings is 1. The molecule has 2 rings (SSSR count). The van der Waals surface area contributed by atoms with Crippen molar-refractivity contribution >= 4 is 21.4 Å². The van der Waals surface area contributed by atoms with Gasteiger partial charge in [0.05, 0.1) is 16.8 Å². The third-order valence-electron chi connectivity index (χ3n) is 2.84. The van der Waals surface area contributed by atoms with Crippen molar-refractivity contribution in [3.63, 3.8) is 0 Å². The predicted molar refractivity (Wildman–Crippen MR) is 69.9 cm³/mol. The fourth-order valence-corrected chi connectivity index (χ4v) is 2.47.